The summed E-state index contributed by atoms with van der Waals surface area (Å²) >= 11 is 1.63. The maximum absolute atomic E-state index is 5.47. The first-order valence-electron chi connectivity index (χ1n) is 6.78. The molecule has 2 aromatic heterocycles. The van der Waals surface area contributed by atoms with E-state index in [9.17, 15) is 0 Å². The van der Waals surface area contributed by atoms with E-state index in [4.69, 9.17) is 5.84 Å². The van der Waals surface area contributed by atoms with Crippen LogP contribution in [0, 0.1) is 5.92 Å². The van der Waals surface area contributed by atoms with Crippen molar-refractivity contribution < 1.29 is 0 Å². The van der Waals surface area contributed by atoms with Gasteiger partial charge in [0.15, 0.2) is 0 Å². The Balaban J connectivity index is 2.00. The first kappa shape index (κ1) is 12.6. The molecule has 1 aliphatic heterocycles. The molecule has 102 valence electrons. The van der Waals surface area contributed by atoms with Crippen molar-refractivity contribution >= 4 is 33.3 Å². The molecule has 0 amide bonds. The zero-order valence-corrected chi connectivity index (χ0v) is 11.9. The number of anilines is 2. The number of nitrogens with one attached hydrogen (secondary N) is 1. The van der Waals surface area contributed by atoms with Crippen LogP contribution >= 0.6 is 11.3 Å². The highest BCUT2D eigenvalue weighted by Gasteiger charge is 2.22. The highest BCUT2D eigenvalue weighted by atomic mass is 32.1. The number of fused-ring (bicyclic) bond motifs is 1. The Labute approximate surface area is 116 Å². The molecule has 1 fully saturated rings. The molecule has 0 aliphatic carbocycles. The number of thiophene rings is 1. The third-order valence-corrected chi connectivity index (χ3v) is 4.64. The first-order valence-corrected chi connectivity index (χ1v) is 7.66. The molecule has 3 heterocycles. The van der Waals surface area contributed by atoms with Crippen LogP contribution in [0.1, 0.15) is 26.2 Å². The number of hydrazine groups is 1. The zero-order chi connectivity index (χ0) is 13.2. The van der Waals surface area contributed by atoms with Gasteiger partial charge in [-0.2, -0.15) is 4.98 Å². The van der Waals surface area contributed by atoms with Gasteiger partial charge in [0.05, 0.1) is 5.39 Å². The molecule has 0 saturated carbocycles. The van der Waals surface area contributed by atoms with Crippen LogP contribution in [0.15, 0.2) is 11.4 Å². The average molecular weight is 277 g/mol. The molecule has 6 heteroatoms. The smallest absolute Gasteiger partial charge is 0.240 e. The second-order valence-electron chi connectivity index (χ2n) is 5.02. The summed E-state index contributed by atoms with van der Waals surface area (Å²) in [5.74, 6) is 7.77. The zero-order valence-electron chi connectivity index (χ0n) is 11.1. The van der Waals surface area contributed by atoms with Crippen LogP contribution in [0.5, 0.6) is 0 Å². The van der Waals surface area contributed by atoms with E-state index < -0.39 is 0 Å². The molecule has 19 heavy (non-hydrogen) atoms. The Bertz CT molecular complexity index is 567. The fourth-order valence-corrected chi connectivity index (χ4v) is 3.49. The largest absolute Gasteiger partial charge is 0.356 e. The number of nitrogens with zero attached hydrogens (tertiary/aromatic N) is 3. The van der Waals surface area contributed by atoms with E-state index in [1.54, 1.807) is 11.3 Å². The van der Waals surface area contributed by atoms with Gasteiger partial charge in [-0.25, -0.2) is 10.8 Å². The minimum Gasteiger partial charge on any atom is -0.356 e. The van der Waals surface area contributed by atoms with Gasteiger partial charge in [0.1, 0.15) is 10.6 Å². The van der Waals surface area contributed by atoms with Gasteiger partial charge in [-0.15, -0.1) is 11.3 Å². The lowest BCUT2D eigenvalue weighted by Crippen LogP contribution is -2.36. The van der Waals surface area contributed by atoms with Gasteiger partial charge in [-0.3, -0.25) is 5.43 Å². The molecular weight excluding hydrogens is 258 g/mol. The summed E-state index contributed by atoms with van der Waals surface area (Å²) in [7, 11) is 0. The first-order chi connectivity index (χ1) is 9.31. The van der Waals surface area contributed by atoms with Crippen molar-refractivity contribution in [1.82, 2.24) is 9.97 Å². The number of hydrogen-bond donors (Lipinski definition) is 2. The molecule has 0 bridgehead atoms. The van der Waals surface area contributed by atoms with Gasteiger partial charge in [0.25, 0.3) is 0 Å². The molecule has 3 rings (SSSR count). The Kier molecular flexibility index (Phi) is 3.52. The van der Waals surface area contributed by atoms with Gasteiger partial charge in [-0.1, -0.05) is 13.3 Å². The van der Waals surface area contributed by atoms with Crippen molar-refractivity contribution in [2.75, 3.05) is 23.4 Å². The van der Waals surface area contributed by atoms with Gasteiger partial charge in [-0.05, 0) is 30.2 Å². The van der Waals surface area contributed by atoms with E-state index in [1.165, 1.54) is 19.3 Å². The number of nitrogen functional groups attached to an aromatic ring is 1. The maximum atomic E-state index is 5.47. The van der Waals surface area contributed by atoms with E-state index in [2.05, 4.69) is 38.7 Å². The van der Waals surface area contributed by atoms with Gasteiger partial charge >= 0.3 is 0 Å². The van der Waals surface area contributed by atoms with Crippen LogP contribution in [0.2, 0.25) is 0 Å². The van der Waals surface area contributed by atoms with Gasteiger partial charge in [0, 0.05) is 13.1 Å². The SMILES string of the molecule is CCC1CCCN(c2nc(NN)nc3sccc23)C1. The van der Waals surface area contributed by atoms with Crippen LogP contribution in [0.3, 0.4) is 0 Å². The molecule has 0 spiro atoms. The predicted octanol–water partition coefficient (Wildman–Crippen LogP) is 2.60. The summed E-state index contributed by atoms with van der Waals surface area (Å²) in [5, 5.41) is 3.20. The van der Waals surface area contributed by atoms with Crippen molar-refractivity contribution in [3.8, 4) is 0 Å². The minimum absolute atomic E-state index is 0.503. The highest BCUT2D eigenvalue weighted by molar-refractivity contribution is 7.16. The molecule has 1 unspecified atom stereocenters. The van der Waals surface area contributed by atoms with Gasteiger partial charge < -0.3 is 4.90 Å². The van der Waals surface area contributed by atoms with E-state index in [0.717, 1.165) is 35.0 Å². The molecule has 0 radical (unpaired) electrons. The van der Waals surface area contributed by atoms with Crippen molar-refractivity contribution in [2.45, 2.75) is 26.2 Å². The number of piperidine rings is 1. The molecule has 1 aliphatic rings. The van der Waals surface area contributed by atoms with Crippen molar-refractivity contribution in [1.29, 1.82) is 0 Å². The monoisotopic (exact) mass is 277 g/mol. The predicted molar refractivity (Wildman–Crippen MR) is 80.5 cm³/mol. The lowest BCUT2D eigenvalue weighted by Gasteiger charge is -2.33. The van der Waals surface area contributed by atoms with E-state index in [0.29, 0.717) is 5.95 Å². The van der Waals surface area contributed by atoms with Crippen molar-refractivity contribution in [2.24, 2.45) is 11.8 Å². The number of aromatic nitrogens is 2. The van der Waals surface area contributed by atoms with Crippen LogP contribution in [-0.2, 0) is 0 Å². The lowest BCUT2D eigenvalue weighted by molar-refractivity contribution is 0.403. The summed E-state index contributed by atoms with van der Waals surface area (Å²) < 4.78 is 0. The highest BCUT2D eigenvalue weighted by Crippen LogP contribution is 2.32. The summed E-state index contributed by atoms with van der Waals surface area (Å²) in [6.07, 6.45) is 3.79. The summed E-state index contributed by atoms with van der Waals surface area (Å²) in [6.45, 7) is 4.42. The fourth-order valence-electron chi connectivity index (χ4n) is 2.74. The van der Waals surface area contributed by atoms with Crippen LogP contribution in [-0.4, -0.2) is 23.1 Å². The third kappa shape index (κ3) is 2.37. The topological polar surface area (TPSA) is 67.1 Å². The van der Waals surface area contributed by atoms with Crippen LogP contribution in [0.25, 0.3) is 10.2 Å². The lowest BCUT2D eigenvalue weighted by atomic mass is 9.95. The molecule has 1 atom stereocenters. The Morgan fingerprint density at radius 2 is 2.42 bits per heavy atom. The molecule has 1 saturated heterocycles. The summed E-state index contributed by atoms with van der Waals surface area (Å²) in [4.78, 5) is 12.3. The van der Waals surface area contributed by atoms with E-state index in [-0.39, 0.29) is 0 Å². The standard InChI is InChI=1S/C13H19N5S/c1-2-9-4-3-6-18(8-9)11-10-5-7-19-12(10)16-13(15-11)17-14/h5,7,9H,2-4,6,8,14H2,1H3,(H,15,16,17). The Hall–Kier alpha value is -1.40. The summed E-state index contributed by atoms with van der Waals surface area (Å²) in [5.41, 5.74) is 2.57. The van der Waals surface area contributed by atoms with Crippen molar-refractivity contribution in [3.63, 3.8) is 0 Å². The molecular formula is C13H19N5S. The number of rotatable bonds is 3. The molecule has 3 N–H and O–H groups in total. The molecule has 0 aromatic carbocycles. The minimum atomic E-state index is 0.503. The Morgan fingerprint density at radius 1 is 1.53 bits per heavy atom. The quantitative estimate of drug-likeness (QED) is 0.667. The van der Waals surface area contributed by atoms with Crippen LogP contribution < -0.4 is 16.2 Å². The van der Waals surface area contributed by atoms with Crippen LogP contribution in [0.4, 0.5) is 11.8 Å². The van der Waals surface area contributed by atoms with Gasteiger partial charge in [0.2, 0.25) is 5.95 Å². The Morgan fingerprint density at radius 3 is 3.21 bits per heavy atom. The second-order valence-corrected chi connectivity index (χ2v) is 5.91. The molecule has 2 aromatic rings. The second kappa shape index (κ2) is 5.30. The fraction of sp³-hybridized carbons (Fsp3) is 0.538. The number of hydrogen-bond acceptors (Lipinski definition) is 6. The normalized spacial score (nSPS) is 19.9. The average Bonchev–Trinajstić information content (AvgIpc) is 2.94. The molecule has 5 nitrogen and oxygen atoms in total. The summed E-state index contributed by atoms with van der Waals surface area (Å²) in [6, 6.07) is 2.10. The maximum Gasteiger partial charge on any atom is 0.240 e. The number of nitrogens with two attached hydrogens (primary N) is 1. The van der Waals surface area contributed by atoms with E-state index in [1.807, 2.05) is 0 Å². The van der Waals surface area contributed by atoms with Crippen molar-refractivity contribution in [3.05, 3.63) is 11.4 Å². The van der Waals surface area contributed by atoms with E-state index >= 15 is 0 Å². The third-order valence-electron chi connectivity index (χ3n) is 3.83.